The van der Waals surface area contributed by atoms with Crippen LogP contribution in [0.4, 0.5) is 0 Å². The lowest BCUT2D eigenvalue weighted by atomic mass is 10.1. The molecule has 0 radical (unpaired) electrons. The number of carbonyl (C=O) groups is 1. The fourth-order valence-electron chi connectivity index (χ4n) is 2.17. The molecule has 0 aliphatic heterocycles. The zero-order valence-electron chi connectivity index (χ0n) is 12.6. The molecule has 0 spiro atoms. The van der Waals surface area contributed by atoms with E-state index in [1.54, 1.807) is 6.20 Å². The molecule has 0 saturated carbocycles. The van der Waals surface area contributed by atoms with Crippen LogP contribution in [0.5, 0.6) is 0 Å². The van der Waals surface area contributed by atoms with Crippen LogP contribution in [0.3, 0.4) is 0 Å². The Morgan fingerprint density at radius 2 is 2.29 bits per heavy atom. The molecule has 2 rings (SSSR count). The number of nitrogens with zero attached hydrogens (tertiary/aromatic N) is 3. The maximum absolute atomic E-state index is 12.0. The molecule has 0 fully saturated rings. The Labute approximate surface area is 125 Å². The van der Waals surface area contributed by atoms with Crippen molar-refractivity contribution in [2.24, 2.45) is 0 Å². The third-order valence-corrected chi connectivity index (χ3v) is 3.38. The van der Waals surface area contributed by atoms with E-state index in [4.69, 9.17) is 0 Å². The van der Waals surface area contributed by atoms with Gasteiger partial charge in [0.15, 0.2) is 0 Å². The van der Waals surface area contributed by atoms with Crippen molar-refractivity contribution in [3.8, 4) is 0 Å². The van der Waals surface area contributed by atoms with Crippen LogP contribution in [-0.2, 0) is 11.3 Å². The van der Waals surface area contributed by atoms with Gasteiger partial charge < -0.3 is 5.32 Å². The minimum Gasteiger partial charge on any atom is -0.348 e. The summed E-state index contributed by atoms with van der Waals surface area (Å²) in [7, 11) is 0. The molecule has 0 aliphatic carbocycles. The number of rotatable bonds is 7. The molecule has 5 heteroatoms. The molecule has 2 aromatic heterocycles. The van der Waals surface area contributed by atoms with Gasteiger partial charge in [0.05, 0.1) is 11.7 Å². The highest BCUT2D eigenvalue weighted by atomic mass is 16.1. The van der Waals surface area contributed by atoms with Gasteiger partial charge in [-0.15, -0.1) is 0 Å². The topological polar surface area (TPSA) is 59.8 Å². The van der Waals surface area contributed by atoms with Gasteiger partial charge in [-0.25, -0.2) is 0 Å². The van der Waals surface area contributed by atoms with Crippen LogP contribution >= 0.6 is 0 Å². The van der Waals surface area contributed by atoms with Crippen molar-refractivity contribution in [2.75, 3.05) is 0 Å². The third-order valence-electron chi connectivity index (χ3n) is 3.38. The fourth-order valence-corrected chi connectivity index (χ4v) is 2.17. The standard InChI is InChI=1S/C16H22N4O/c1-3-14(15-8-7-13(2)12-17-15)19-16(21)6-4-10-20-11-5-9-18-20/h5,7-9,11-12,14H,3-4,6,10H2,1-2H3,(H,19,21)/t14-/m1/s1. The number of pyridine rings is 1. The van der Waals surface area contributed by atoms with E-state index in [1.165, 1.54) is 0 Å². The van der Waals surface area contributed by atoms with Crippen molar-refractivity contribution in [2.45, 2.75) is 45.7 Å². The second-order valence-electron chi connectivity index (χ2n) is 5.16. The van der Waals surface area contributed by atoms with Crippen molar-refractivity contribution in [3.63, 3.8) is 0 Å². The van der Waals surface area contributed by atoms with Gasteiger partial charge in [-0.2, -0.15) is 5.10 Å². The van der Waals surface area contributed by atoms with Gasteiger partial charge in [-0.05, 0) is 37.5 Å². The van der Waals surface area contributed by atoms with Crippen molar-refractivity contribution in [1.29, 1.82) is 0 Å². The first kappa shape index (κ1) is 15.2. The molecule has 5 nitrogen and oxygen atoms in total. The summed E-state index contributed by atoms with van der Waals surface area (Å²) in [4.78, 5) is 16.4. The van der Waals surface area contributed by atoms with E-state index < -0.39 is 0 Å². The minimum atomic E-state index is -0.0113. The van der Waals surface area contributed by atoms with Gasteiger partial charge in [-0.1, -0.05) is 13.0 Å². The molecule has 2 heterocycles. The molecule has 0 unspecified atom stereocenters. The van der Waals surface area contributed by atoms with Crippen LogP contribution in [0.2, 0.25) is 0 Å². The Kier molecular flexibility index (Phi) is 5.49. The van der Waals surface area contributed by atoms with Crippen molar-refractivity contribution in [3.05, 3.63) is 48.0 Å². The van der Waals surface area contributed by atoms with Crippen LogP contribution in [0.1, 0.15) is 43.5 Å². The van der Waals surface area contributed by atoms with Gasteiger partial charge in [-0.3, -0.25) is 14.5 Å². The summed E-state index contributed by atoms with van der Waals surface area (Å²) in [6, 6.07) is 5.88. The number of aryl methyl sites for hydroxylation is 2. The van der Waals surface area contributed by atoms with Crippen LogP contribution in [-0.4, -0.2) is 20.7 Å². The number of hydrogen-bond acceptors (Lipinski definition) is 3. The monoisotopic (exact) mass is 286 g/mol. The maximum atomic E-state index is 12.0. The van der Waals surface area contributed by atoms with E-state index in [2.05, 4.69) is 22.3 Å². The van der Waals surface area contributed by atoms with Crippen LogP contribution in [0.25, 0.3) is 0 Å². The van der Waals surface area contributed by atoms with Crippen LogP contribution in [0.15, 0.2) is 36.8 Å². The molecule has 2 aromatic rings. The summed E-state index contributed by atoms with van der Waals surface area (Å²) >= 11 is 0. The molecule has 1 N–H and O–H groups in total. The summed E-state index contributed by atoms with van der Waals surface area (Å²) < 4.78 is 1.84. The van der Waals surface area contributed by atoms with E-state index in [0.29, 0.717) is 6.42 Å². The second-order valence-corrected chi connectivity index (χ2v) is 5.16. The van der Waals surface area contributed by atoms with Gasteiger partial charge in [0.25, 0.3) is 0 Å². The summed E-state index contributed by atoms with van der Waals surface area (Å²) in [6.45, 7) is 4.82. The molecule has 1 amide bonds. The predicted molar refractivity (Wildman–Crippen MR) is 81.6 cm³/mol. The van der Waals surface area contributed by atoms with E-state index in [0.717, 1.165) is 30.6 Å². The Bertz CT molecular complexity index is 548. The number of hydrogen-bond donors (Lipinski definition) is 1. The zero-order chi connectivity index (χ0) is 15.1. The summed E-state index contributed by atoms with van der Waals surface area (Å²) in [5.41, 5.74) is 2.04. The molecule has 0 saturated heterocycles. The van der Waals surface area contributed by atoms with Crippen molar-refractivity contribution < 1.29 is 4.79 Å². The summed E-state index contributed by atoms with van der Waals surface area (Å²) in [5.74, 6) is 0.0661. The predicted octanol–water partition coefficient (Wildman–Crippen LogP) is 2.63. The van der Waals surface area contributed by atoms with Gasteiger partial charge in [0.1, 0.15) is 0 Å². The highest BCUT2D eigenvalue weighted by Crippen LogP contribution is 2.14. The SMILES string of the molecule is CC[C@@H](NC(=O)CCCn1cccn1)c1ccc(C)cn1. The van der Waals surface area contributed by atoms with Gasteiger partial charge >= 0.3 is 0 Å². The molecule has 0 aromatic carbocycles. The van der Waals surface area contributed by atoms with Gasteiger partial charge in [0.2, 0.25) is 5.91 Å². The zero-order valence-corrected chi connectivity index (χ0v) is 12.6. The number of carbonyl (C=O) groups excluding carboxylic acids is 1. The Morgan fingerprint density at radius 1 is 1.43 bits per heavy atom. The van der Waals surface area contributed by atoms with Crippen LogP contribution < -0.4 is 5.32 Å². The first-order chi connectivity index (χ1) is 10.2. The average molecular weight is 286 g/mol. The molecule has 112 valence electrons. The Balaban J connectivity index is 1.80. The van der Waals surface area contributed by atoms with E-state index in [9.17, 15) is 4.79 Å². The molecule has 0 bridgehead atoms. The molecule has 0 aliphatic rings. The smallest absolute Gasteiger partial charge is 0.220 e. The number of amides is 1. The first-order valence-corrected chi connectivity index (χ1v) is 7.38. The van der Waals surface area contributed by atoms with E-state index in [-0.39, 0.29) is 11.9 Å². The first-order valence-electron chi connectivity index (χ1n) is 7.38. The number of nitrogens with one attached hydrogen (secondary N) is 1. The van der Waals surface area contributed by atoms with Gasteiger partial charge in [0, 0.05) is 31.6 Å². The maximum Gasteiger partial charge on any atom is 0.220 e. The second kappa shape index (κ2) is 7.57. The third kappa shape index (κ3) is 4.70. The highest BCUT2D eigenvalue weighted by Gasteiger charge is 2.13. The lowest BCUT2D eigenvalue weighted by molar-refractivity contribution is -0.122. The molecular formula is C16H22N4O. The Morgan fingerprint density at radius 3 is 2.90 bits per heavy atom. The van der Waals surface area contributed by atoms with Crippen molar-refractivity contribution >= 4 is 5.91 Å². The van der Waals surface area contributed by atoms with Crippen LogP contribution in [0, 0.1) is 6.92 Å². The molecular weight excluding hydrogens is 264 g/mol. The summed E-state index contributed by atoms with van der Waals surface area (Å²) in [6.07, 6.45) is 7.61. The lowest BCUT2D eigenvalue weighted by Crippen LogP contribution is -2.28. The molecule has 21 heavy (non-hydrogen) atoms. The van der Waals surface area contributed by atoms with E-state index >= 15 is 0 Å². The largest absolute Gasteiger partial charge is 0.348 e. The van der Waals surface area contributed by atoms with Crippen molar-refractivity contribution in [1.82, 2.24) is 20.1 Å². The normalized spacial score (nSPS) is 12.1. The minimum absolute atomic E-state index is 0.0113. The van der Waals surface area contributed by atoms with E-state index in [1.807, 2.05) is 42.2 Å². The molecule has 1 atom stereocenters. The fraction of sp³-hybridized carbons (Fsp3) is 0.438. The average Bonchev–Trinajstić information content (AvgIpc) is 2.99. The highest BCUT2D eigenvalue weighted by molar-refractivity contribution is 5.76. The quantitative estimate of drug-likeness (QED) is 0.851. The Hall–Kier alpha value is -2.17. The number of aromatic nitrogens is 3. The summed E-state index contributed by atoms with van der Waals surface area (Å²) in [5, 5.41) is 7.17. The lowest BCUT2D eigenvalue weighted by Gasteiger charge is -2.16.